The van der Waals surface area contributed by atoms with Crippen molar-refractivity contribution in [1.82, 2.24) is 14.5 Å². The van der Waals surface area contributed by atoms with Gasteiger partial charge in [-0.1, -0.05) is 6.08 Å². The Labute approximate surface area is 112 Å². The standard InChI is InChI=1S/C13H13N3O2S/c1-16-12-10(7-14-8-15-12)6-11(13(16)17)9-2-4-19(18)5-3-9/h2,6-8H,3-5H2,1H3. The van der Waals surface area contributed by atoms with Gasteiger partial charge in [0.05, 0.1) is 0 Å². The highest BCUT2D eigenvalue weighted by molar-refractivity contribution is 7.85. The van der Waals surface area contributed by atoms with Crippen molar-refractivity contribution in [1.29, 1.82) is 0 Å². The number of hydrogen-bond donors (Lipinski definition) is 0. The zero-order chi connectivity index (χ0) is 13.4. The first-order chi connectivity index (χ1) is 9.16. The van der Waals surface area contributed by atoms with Crippen molar-refractivity contribution >= 4 is 27.4 Å². The molecule has 1 atom stereocenters. The highest BCUT2D eigenvalue weighted by Gasteiger charge is 2.15. The Morgan fingerprint density at radius 2 is 2.26 bits per heavy atom. The Bertz CT molecular complexity index is 764. The molecule has 6 heteroatoms. The van der Waals surface area contributed by atoms with Crippen LogP contribution in [0.5, 0.6) is 0 Å². The van der Waals surface area contributed by atoms with E-state index in [9.17, 15) is 9.00 Å². The van der Waals surface area contributed by atoms with Gasteiger partial charge in [0, 0.05) is 46.5 Å². The van der Waals surface area contributed by atoms with Gasteiger partial charge < -0.3 is 0 Å². The molecule has 3 heterocycles. The summed E-state index contributed by atoms with van der Waals surface area (Å²) in [7, 11) is 0.927. The summed E-state index contributed by atoms with van der Waals surface area (Å²) in [5.41, 5.74) is 2.21. The van der Waals surface area contributed by atoms with Crippen LogP contribution in [0, 0.1) is 0 Å². The predicted molar refractivity (Wildman–Crippen MR) is 75.2 cm³/mol. The number of nitrogens with zero attached hydrogens (tertiary/aromatic N) is 3. The molecule has 0 aromatic carbocycles. The summed E-state index contributed by atoms with van der Waals surface area (Å²) in [5, 5.41) is 0.840. The van der Waals surface area contributed by atoms with Crippen LogP contribution in [0.3, 0.4) is 0 Å². The second kappa shape index (κ2) is 4.70. The van der Waals surface area contributed by atoms with Gasteiger partial charge in [-0.15, -0.1) is 0 Å². The van der Waals surface area contributed by atoms with Crippen LogP contribution in [0.2, 0.25) is 0 Å². The van der Waals surface area contributed by atoms with Crippen molar-refractivity contribution in [2.75, 3.05) is 11.5 Å². The number of allylic oxidation sites excluding steroid dienone is 1. The largest absolute Gasteiger partial charge is 0.295 e. The van der Waals surface area contributed by atoms with Crippen LogP contribution in [-0.2, 0) is 17.8 Å². The summed E-state index contributed by atoms with van der Waals surface area (Å²) < 4.78 is 12.9. The van der Waals surface area contributed by atoms with Crippen LogP contribution < -0.4 is 5.56 Å². The van der Waals surface area contributed by atoms with Gasteiger partial charge in [0.15, 0.2) is 0 Å². The van der Waals surface area contributed by atoms with Gasteiger partial charge >= 0.3 is 0 Å². The van der Waals surface area contributed by atoms with Gasteiger partial charge in [0.25, 0.3) is 5.56 Å². The number of pyridine rings is 1. The molecule has 0 saturated carbocycles. The SMILES string of the molecule is Cn1c(=O)c(C2=CCS(=O)CC2)cc2cncnc21. The molecular formula is C13H13N3O2S. The molecule has 2 aromatic rings. The molecule has 3 rings (SSSR count). The Kier molecular flexibility index (Phi) is 3.02. The van der Waals surface area contributed by atoms with Crippen LogP contribution in [0.25, 0.3) is 16.6 Å². The first-order valence-corrected chi connectivity index (χ1v) is 7.50. The average Bonchev–Trinajstić information content (AvgIpc) is 2.44. The maximum atomic E-state index is 12.3. The van der Waals surface area contributed by atoms with Crippen molar-refractivity contribution in [2.45, 2.75) is 6.42 Å². The summed E-state index contributed by atoms with van der Waals surface area (Å²) in [4.78, 5) is 20.5. The van der Waals surface area contributed by atoms with Gasteiger partial charge in [-0.25, -0.2) is 9.97 Å². The van der Waals surface area contributed by atoms with Gasteiger partial charge in [0.2, 0.25) is 0 Å². The Hall–Kier alpha value is -1.82. The fourth-order valence-electron chi connectivity index (χ4n) is 2.29. The molecule has 98 valence electrons. The molecule has 0 bridgehead atoms. The maximum absolute atomic E-state index is 12.3. The molecule has 0 radical (unpaired) electrons. The highest BCUT2D eigenvalue weighted by Crippen LogP contribution is 2.21. The number of fused-ring (bicyclic) bond motifs is 1. The van der Waals surface area contributed by atoms with E-state index in [0.29, 0.717) is 29.1 Å². The van der Waals surface area contributed by atoms with E-state index in [1.807, 2.05) is 12.1 Å². The molecule has 0 saturated heterocycles. The molecule has 0 amide bonds. The summed E-state index contributed by atoms with van der Waals surface area (Å²) in [6.45, 7) is 0. The molecule has 1 aliphatic heterocycles. The number of hydrogen-bond acceptors (Lipinski definition) is 4. The lowest BCUT2D eigenvalue weighted by molar-refractivity contribution is 0.684. The van der Waals surface area contributed by atoms with Crippen molar-refractivity contribution in [3.8, 4) is 0 Å². The van der Waals surface area contributed by atoms with Gasteiger partial charge in [0.1, 0.15) is 12.0 Å². The smallest absolute Gasteiger partial charge is 0.259 e. The highest BCUT2D eigenvalue weighted by atomic mass is 32.2. The van der Waals surface area contributed by atoms with E-state index in [4.69, 9.17) is 0 Å². The first kappa shape index (κ1) is 12.2. The quantitative estimate of drug-likeness (QED) is 0.774. The fraction of sp³-hybridized carbons (Fsp3) is 0.308. The van der Waals surface area contributed by atoms with E-state index < -0.39 is 10.8 Å². The zero-order valence-corrected chi connectivity index (χ0v) is 11.3. The second-order valence-corrected chi connectivity index (χ2v) is 6.14. The lowest BCUT2D eigenvalue weighted by Crippen LogP contribution is -2.23. The molecular weight excluding hydrogens is 262 g/mol. The summed E-state index contributed by atoms with van der Waals surface area (Å²) >= 11 is 0. The van der Waals surface area contributed by atoms with E-state index >= 15 is 0 Å². The minimum atomic E-state index is -0.784. The number of rotatable bonds is 1. The van der Waals surface area contributed by atoms with Gasteiger partial charge in [-0.2, -0.15) is 0 Å². The fourth-order valence-corrected chi connectivity index (χ4v) is 3.29. The van der Waals surface area contributed by atoms with E-state index in [0.717, 1.165) is 11.0 Å². The van der Waals surface area contributed by atoms with E-state index in [-0.39, 0.29) is 5.56 Å². The van der Waals surface area contributed by atoms with E-state index in [2.05, 4.69) is 9.97 Å². The Morgan fingerprint density at radius 3 is 3.00 bits per heavy atom. The average molecular weight is 275 g/mol. The third-order valence-corrected chi connectivity index (χ3v) is 4.53. The zero-order valence-electron chi connectivity index (χ0n) is 10.5. The van der Waals surface area contributed by atoms with Gasteiger partial charge in [-0.3, -0.25) is 13.6 Å². The summed E-state index contributed by atoms with van der Waals surface area (Å²) in [6, 6.07) is 1.83. The summed E-state index contributed by atoms with van der Waals surface area (Å²) in [5.74, 6) is 1.15. The van der Waals surface area contributed by atoms with Crippen LogP contribution in [-0.4, -0.2) is 30.2 Å². The lowest BCUT2D eigenvalue weighted by atomic mass is 10.0. The van der Waals surface area contributed by atoms with Gasteiger partial charge in [-0.05, 0) is 18.1 Å². The van der Waals surface area contributed by atoms with Crippen molar-refractivity contribution < 1.29 is 4.21 Å². The van der Waals surface area contributed by atoms with E-state index in [1.54, 1.807) is 17.8 Å². The van der Waals surface area contributed by atoms with Crippen molar-refractivity contribution in [3.63, 3.8) is 0 Å². The third-order valence-electron chi connectivity index (χ3n) is 3.33. The Morgan fingerprint density at radius 1 is 1.42 bits per heavy atom. The van der Waals surface area contributed by atoms with Crippen molar-refractivity contribution in [3.05, 3.63) is 40.6 Å². The van der Waals surface area contributed by atoms with E-state index in [1.165, 1.54) is 6.33 Å². The number of aryl methyl sites for hydroxylation is 1. The minimum Gasteiger partial charge on any atom is -0.295 e. The van der Waals surface area contributed by atoms with Crippen LogP contribution in [0.1, 0.15) is 12.0 Å². The van der Waals surface area contributed by atoms with Crippen LogP contribution in [0.4, 0.5) is 0 Å². The molecule has 1 unspecified atom stereocenters. The van der Waals surface area contributed by atoms with Crippen molar-refractivity contribution in [2.24, 2.45) is 7.05 Å². The Balaban J connectivity index is 2.22. The second-order valence-electron chi connectivity index (χ2n) is 4.51. The normalized spacial score (nSPS) is 19.4. The topological polar surface area (TPSA) is 64.8 Å². The molecule has 0 spiro atoms. The first-order valence-electron chi connectivity index (χ1n) is 6.01. The molecule has 0 aliphatic carbocycles. The number of aromatic nitrogens is 3. The molecule has 0 N–H and O–H groups in total. The van der Waals surface area contributed by atoms with Crippen LogP contribution in [0.15, 0.2) is 29.5 Å². The lowest BCUT2D eigenvalue weighted by Gasteiger charge is -2.14. The predicted octanol–water partition coefficient (Wildman–Crippen LogP) is 0.864. The monoisotopic (exact) mass is 275 g/mol. The molecule has 5 nitrogen and oxygen atoms in total. The maximum Gasteiger partial charge on any atom is 0.259 e. The molecule has 1 aliphatic rings. The molecule has 19 heavy (non-hydrogen) atoms. The van der Waals surface area contributed by atoms with Crippen LogP contribution >= 0.6 is 0 Å². The summed E-state index contributed by atoms with van der Waals surface area (Å²) in [6.07, 6.45) is 5.73. The third kappa shape index (κ3) is 2.12. The molecule has 2 aromatic heterocycles. The minimum absolute atomic E-state index is 0.0647. The molecule has 0 fully saturated rings.